The number of carbonyl (C=O) groups excluding carboxylic acids is 1. The highest BCUT2D eigenvalue weighted by Gasteiger charge is 2.22. The van der Waals surface area contributed by atoms with Gasteiger partial charge in [0.1, 0.15) is 30.5 Å². The first-order chi connectivity index (χ1) is 14.1. The summed E-state index contributed by atoms with van der Waals surface area (Å²) in [4.78, 5) is 24.8. The molecule has 8 nitrogen and oxygen atoms in total. The summed E-state index contributed by atoms with van der Waals surface area (Å²) in [6.45, 7) is 4.34. The lowest BCUT2D eigenvalue weighted by atomic mass is 10.3. The minimum atomic E-state index is -0.737. The van der Waals surface area contributed by atoms with E-state index in [0.29, 0.717) is 29.6 Å². The van der Waals surface area contributed by atoms with Crippen LogP contribution in [0.25, 0.3) is 10.2 Å². The van der Waals surface area contributed by atoms with Crippen molar-refractivity contribution in [3.63, 3.8) is 0 Å². The van der Waals surface area contributed by atoms with Gasteiger partial charge >= 0.3 is 0 Å². The third-order valence-electron chi connectivity index (χ3n) is 4.66. The molecule has 0 atom stereocenters. The number of ether oxygens (including phenoxy) is 1. The summed E-state index contributed by atoms with van der Waals surface area (Å²) in [5, 5.41) is 4.31. The number of aromatic nitrogens is 4. The van der Waals surface area contributed by atoms with Crippen LogP contribution in [0.5, 0.6) is 0 Å². The molecule has 3 aromatic rings. The Hall–Kier alpha value is -2.21. The van der Waals surface area contributed by atoms with E-state index in [1.54, 1.807) is 0 Å². The molecule has 1 saturated heterocycles. The molecule has 1 fully saturated rings. The number of hydrogen-bond donors (Lipinski definition) is 0. The van der Waals surface area contributed by atoms with Gasteiger partial charge in [0, 0.05) is 32.2 Å². The average molecular weight is 459 g/mol. The van der Waals surface area contributed by atoms with Gasteiger partial charge in [0.2, 0.25) is 0 Å². The molecule has 0 N–H and O–H groups in total. The van der Waals surface area contributed by atoms with Crippen LogP contribution < -0.4 is 4.90 Å². The molecular weight excluding hydrogens is 438 g/mol. The molecule has 1 amide bonds. The van der Waals surface area contributed by atoms with Gasteiger partial charge in [0.05, 0.1) is 17.9 Å². The fourth-order valence-electron chi connectivity index (χ4n) is 3.20. The first-order valence-corrected chi connectivity index (χ1v) is 10.1. The molecule has 0 unspecified atom stereocenters. The second-order valence-corrected chi connectivity index (χ2v) is 7.69. The van der Waals surface area contributed by atoms with E-state index < -0.39 is 11.6 Å². The zero-order valence-corrected chi connectivity index (χ0v) is 17.7. The molecular formula is C18H21ClF2N6O2S. The van der Waals surface area contributed by atoms with Gasteiger partial charge in [0.15, 0.2) is 10.9 Å². The van der Waals surface area contributed by atoms with Crippen LogP contribution in [0.15, 0.2) is 24.8 Å². The summed E-state index contributed by atoms with van der Waals surface area (Å²) in [6, 6.07) is 2.03. The zero-order chi connectivity index (χ0) is 20.2. The molecule has 162 valence electrons. The van der Waals surface area contributed by atoms with Crippen LogP contribution in [-0.2, 0) is 16.1 Å². The summed E-state index contributed by atoms with van der Waals surface area (Å²) >= 11 is 1.10. The van der Waals surface area contributed by atoms with E-state index in [-0.39, 0.29) is 30.4 Å². The Balaban J connectivity index is 0.00000256. The fraction of sp³-hybridized carbons (Fsp3) is 0.444. The van der Waals surface area contributed by atoms with E-state index >= 15 is 0 Å². The molecule has 1 aromatic carbocycles. The summed E-state index contributed by atoms with van der Waals surface area (Å²) in [7, 11) is 0. The van der Waals surface area contributed by atoms with Crippen LogP contribution in [-0.4, -0.2) is 69.9 Å². The van der Waals surface area contributed by atoms with E-state index in [1.807, 2.05) is 0 Å². The molecule has 0 radical (unpaired) electrons. The Morgan fingerprint density at radius 1 is 1.27 bits per heavy atom. The minimum Gasteiger partial charge on any atom is -0.379 e. The summed E-state index contributed by atoms with van der Waals surface area (Å²) in [5.74, 6) is -1.64. The number of thiazole rings is 1. The highest BCUT2D eigenvalue weighted by Crippen LogP contribution is 2.31. The maximum Gasteiger partial charge on any atom is 0.250 e. The zero-order valence-electron chi connectivity index (χ0n) is 16.0. The first-order valence-electron chi connectivity index (χ1n) is 9.28. The van der Waals surface area contributed by atoms with Gasteiger partial charge in [-0.25, -0.2) is 23.4 Å². The molecule has 0 aliphatic carbocycles. The fourth-order valence-corrected chi connectivity index (χ4v) is 4.25. The van der Waals surface area contributed by atoms with Crippen molar-refractivity contribution < 1.29 is 18.3 Å². The Kier molecular flexibility index (Phi) is 7.64. The van der Waals surface area contributed by atoms with Crippen molar-refractivity contribution in [3.8, 4) is 0 Å². The predicted molar refractivity (Wildman–Crippen MR) is 111 cm³/mol. The molecule has 30 heavy (non-hydrogen) atoms. The monoisotopic (exact) mass is 458 g/mol. The number of morpholine rings is 1. The number of amides is 1. The lowest BCUT2D eigenvalue weighted by molar-refractivity contribution is -0.119. The molecule has 1 aliphatic heterocycles. The Morgan fingerprint density at radius 2 is 2.07 bits per heavy atom. The van der Waals surface area contributed by atoms with Crippen LogP contribution in [0, 0.1) is 11.6 Å². The molecule has 0 spiro atoms. The van der Waals surface area contributed by atoms with Crippen LogP contribution in [0.3, 0.4) is 0 Å². The van der Waals surface area contributed by atoms with Gasteiger partial charge in [-0.2, -0.15) is 5.10 Å². The molecule has 0 bridgehead atoms. The van der Waals surface area contributed by atoms with Gasteiger partial charge in [0.25, 0.3) is 5.91 Å². The smallest absolute Gasteiger partial charge is 0.250 e. The van der Waals surface area contributed by atoms with E-state index in [4.69, 9.17) is 4.74 Å². The van der Waals surface area contributed by atoms with Crippen molar-refractivity contribution in [3.05, 3.63) is 36.4 Å². The van der Waals surface area contributed by atoms with E-state index in [0.717, 1.165) is 43.5 Å². The number of carbonyl (C=O) groups is 1. The molecule has 4 rings (SSSR count). The van der Waals surface area contributed by atoms with Crippen LogP contribution in [0.4, 0.5) is 13.9 Å². The van der Waals surface area contributed by atoms with Gasteiger partial charge in [-0.05, 0) is 12.5 Å². The number of anilines is 1. The lowest BCUT2D eigenvalue weighted by Gasteiger charge is -2.27. The number of hydrogen-bond acceptors (Lipinski definition) is 7. The van der Waals surface area contributed by atoms with Crippen LogP contribution >= 0.6 is 23.7 Å². The van der Waals surface area contributed by atoms with Crippen molar-refractivity contribution in [2.24, 2.45) is 0 Å². The third-order valence-corrected chi connectivity index (χ3v) is 5.68. The number of rotatable bonds is 7. The normalized spacial score (nSPS) is 14.6. The SMILES string of the molecule is Cl.O=C(Cn1cncn1)N(CCCN1CCOCC1)c1nc2c(F)cc(F)cc2s1. The second-order valence-electron chi connectivity index (χ2n) is 6.68. The van der Waals surface area contributed by atoms with Crippen molar-refractivity contribution >= 4 is 45.0 Å². The second kappa shape index (κ2) is 10.2. The van der Waals surface area contributed by atoms with E-state index in [1.165, 1.54) is 28.3 Å². The number of nitrogens with zero attached hydrogens (tertiary/aromatic N) is 6. The maximum absolute atomic E-state index is 14.1. The van der Waals surface area contributed by atoms with Gasteiger partial charge in [-0.3, -0.25) is 14.6 Å². The molecule has 2 aromatic heterocycles. The Labute approximate surface area is 181 Å². The van der Waals surface area contributed by atoms with E-state index in [9.17, 15) is 13.6 Å². The summed E-state index contributed by atoms with van der Waals surface area (Å²) in [6.07, 6.45) is 3.53. The predicted octanol–water partition coefficient (Wildman–Crippen LogP) is 2.34. The van der Waals surface area contributed by atoms with Crippen molar-refractivity contribution in [1.29, 1.82) is 0 Å². The van der Waals surface area contributed by atoms with Gasteiger partial charge in [-0.15, -0.1) is 12.4 Å². The van der Waals surface area contributed by atoms with Crippen LogP contribution in [0.1, 0.15) is 6.42 Å². The number of fused-ring (bicyclic) bond motifs is 1. The molecule has 0 saturated carbocycles. The lowest BCUT2D eigenvalue weighted by Crippen LogP contribution is -2.40. The third kappa shape index (κ3) is 5.28. The largest absolute Gasteiger partial charge is 0.379 e. The molecule has 12 heteroatoms. The average Bonchev–Trinajstić information content (AvgIpc) is 3.36. The quantitative estimate of drug-likeness (QED) is 0.541. The van der Waals surface area contributed by atoms with Gasteiger partial charge < -0.3 is 4.74 Å². The van der Waals surface area contributed by atoms with Crippen molar-refractivity contribution in [1.82, 2.24) is 24.6 Å². The van der Waals surface area contributed by atoms with Crippen molar-refractivity contribution in [2.75, 3.05) is 44.3 Å². The number of halogens is 3. The van der Waals surface area contributed by atoms with Gasteiger partial charge in [-0.1, -0.05) is 11.3 Å². The summed E-state index contributed by atoms with van der Waals surface area (Å²) in [5.41, 5.74) is 0.0677. The topological polar surface area (TPSA) is 76.4 Å². The standard InChI is InChI=1S/C18H20F2N6O2S.ClH/c19-13-8-14(20)17-15(9-13)29-18(23-17)26(16(27)10-25-12-21-11-22-25)3-1-2-24-4-6-28-7-5-24;/h8-9,11-12H,1-7,10H2;1H. The summed E-state index contributed by atoms with van der Waals surface area (Å²) < 4.78 is 34.8. The minimum absolute atomic E-state index is 0. The molecule has 3 heterocycles. The number of benzene rings is 1. The van der Waals surface area contributed by atoms with Crippen molar-refractivity contribution in [2.45, 2.75) is 13.0 Å². The highest BCUT2D eigenvalue weighted by atomic mass is 35.5. The Morgan fingerprint density at radius 3 is 2.80 bits per heavy atom. The van der Waals surface area contributed by atoms with Crippen LogP contribution in [0.2, 0.25) is 0 Å². The maximum atomic E-state index is 14.1. The Bertz CT molecular complexity index is 981. The highest BCUT2D eigenvalue weighted by molar-refractivity contribution is 7.22. The van der Waals surface area contributed by atoms with E-state index in [2.05, 4.69) is 20.0 Å². The molecule has 1 aliphatic rings. The first kappa shape index (κ1) is 22.5.